The van der Waals surface area contributed by atoms with Gasteiger partial charge in [0, 0.05) is 11.4 Å². The van der Waals surface area contributed by atoms with Crippen LogP contribution in [0.15, 0.2) is 12.2 Å². The quantitative estimate of drug-likeness (QED) is 0.482. The number of allylic oxidation sites excluding steroid dienone is 2. The lowest BCUT2D eigenvalue weighted by molar-refractivity contribution is 0.561. The maximum absolute atomic E-state index is 8.17. The highest BCUT2D eigenvalue weighted by molar-refractivity contribution is 9.09. The van der Waals surface area contributed by atoms with Gasteiger partial charge in [0.1, 0.15) is 0 Å². The molecule has 0 spiro atoms. The summed E-state index contributed by atoms with van der Waals surface area (Å²) in [5.41, 5.74) is 0.107. The summed E-state index contributed by atoms with van der Waals surface area (Å²) in [7, 11) is 0. The standard InChI is InChI=1S/C7H10BrN/c1-7(2,6-8)4-3-5-9/h3-4H,6H2,1-2H3. The normalized spacial score (nSPS) is 11.8. The van der Waals surface area contributed by atoms with Crippen LogP contribution in [0.5, 0.6) is 0 Å². The van der Waals surface area contributed by atoms with Gasteiger partial charge in [0.05, 0.1) is 6.07 Å². The van der Waals surface area contributed by atoms with E-state index in [0.717, 1.165) is 5.33 Å². The van der Waals surface area contributed by atoms with Crippen LogP contribution in [-0.2, 0) is 0 Å². The lowest BCUT2D eigenvalue weighted by Crippen LogP contribution is -2.07. The second-order valence-electron chi connectivity index (χ2n) is 2.58. The Kier molecular flexibility index (Phi) is 3.56. The average Bonchev–Trinajstić information content (AvgIpc) is 1.84. The molecule has 0 heterocycles. The Morgan fingerprint density at radius 2 is 2.22 bits per heavy atom. The van der Waals surface area contributed by atoms with E-state index in [1.807, 2.05) is 12.1 Å². The molecular formula is C7H10BrN. The van der Waals surface area contributed by atoms with Crippen LogP contribution in [0.4, 0.5) is 0 Å². The van der Waals surface area contributed by atoms with Gasteiger partial charge in [-0.1, -0.05) is 35.9 Å². The molecule has 0 amide bonds. The van der Waals surface area contributed by atoms with E-state index >= 15 is 0 Å². The van der Waals surface area contributed by atoms with Crippen molar-refractivity contribution in [2.45, 2.75) is 13.8 Å². The van der Waals surface area contributed by atoms with E-state index < -0.39 is 0 Å². The van der Waals surface area contributed by atoms with E-state index in [2.05, 4.69) is 29.8 Å². The average molecular weight is 188 g/mol. The van der Waals surface area contributed by atoms with Gasteiger partial charge in [-0.25, -0.2) is 0 Å². The molecule has 0 atom stereocenters. The van der Waals surface area contributed by atoms with Crippen LogP contribution < -0.4 is 0 Å². The van der Waals surface area contributed by atoms with E-state index in [1.54, 1.807) is 0 Å². The molecule has 0 fully saturated rings. The van der Waals surface area contributed by atoms with Crippen LogP contribution in [0.25, 0.3) is 0 Å². The third-order valence-corrected chi connectivity index (χ3v) is 2.40. The number of nitriles is 1. The second kappa shape index (κ2) is 3.68. The number of hydrogen-bond acceptors (Lipinski definition) is 1. The van der Waals surface area contributed by atoms with Gasteiger partial charge in [0.15, 0.2) is 0 Å². The molecule has 0 aliphatic heterocycles. The number of halogens is 1. The van der Waals surface area contributed by atoms with Crippen molar-refractivity contribution in [1.82, 2.24) is 0 Å². The van der Waals surface area contributed by atoms with Crippen LogP contribution in [0.2, 0.25) is 0 Å². The Morgan fingerprint density at radius 1 is 1.67 bits per heavy atom. The SMILES string of the molecule is CC(C)(C=CC#N)CBr. The van der Waals surface area contributed by atoms with Gasteiger partial charge in [-0.05, 0) is 5.41 Å². The minimum absolute atomic E-state index is 0.107. The minimum Gasteiger partial charge on any atom is -0.193 e. The Bertz CT molecular complexity index is 141. The Hall–Kier alpha value is -0.290. The van der Waals surface area contributed by atoms with Crippen molar-refractivity contribution in [1.29, 1.82) is 5.26 Å². The van der Waals surface area contributed by atoms with Crippen LogP contribution in [0, 0.1) is 16.7 Å². The summed E-state index contributed by atoms with van der Waals surface area (Å²) in [5.74, 6) is 0. The summed E-state index contributed by atoms with van der Waals surface area (Å²) in [5, 5.41) is 9.06. The van der Waals surface area contributed by atoms with Gasteiger partial charge >= 0.3 is 0 Å². The third-order valence-electron chi connectivity index (χ3n) is 0.953. The molecule has 0 saturated carbocycles. The molecule has 0 aliphatic carbocycles. The predicted octanol–water partition coefficient (Wildman–Crippen LogP) is 2.49. The molecule has 0 radical (unpaired) electrons. The minimum atomic E-state index is 0.107. The molecule has 0 aromatic heterocycles. The number of alkyl halides is 1. The van der Waals surface area contributed by atoms with Gasteiger partial charge in [-0.15, -0.1) is 0 Å². The maximum Gasteiger partial charge on any atom is 0.0908 e. The van der Waals surface area contributed by atoms with E-state index in [1.165, 1.54) is 6.08 Å². The lowest BCUT2D eigenvalue weighted by atomic mass is 9.96. The van der Waals surface area contributed by atoms with Gasteiger partial charge in [-0.3, -0.25) is 0 Å². The van der Waals surface area contributed by atoms with Crippen molar-refractivity contribution >= 4 is 15.9 Å². The number of hydrogen-bond donors (Lipinski definition) is 0. The summed E-state index contributed by atoms with van der Waals surface area (Å²) in [4.78, 5) is 0. The third kappa shape index (κ3) is 4.23. The van der Waals surface area contributed by atoms with Crippen molar-refractivity contribution in [2.24, 2.45) is 5.41 Å². The van der Waals surface area contributed by atoms with E-state index in [0.29, 0.717) is 0 Å². The summed E-state index contributed by atoms with van der Waals surface area (Å²) < 4.78 is 0. The Balaban J connectivity index is 3.89. The van der Waals surface area contributed by atoms with E-state index in [-0.39, 0.29) is 5.41 Å². The molecule has 9 heavy (non-hydrogen) atoms. The predicted molar refractivity (Wildman–Crippen MR) is 42.3 cm³/mol. The first-order valence-electron chi connectivity index (χ1n) is 2.76. The molecule has 0 rings (SSSR count). The highest BCUT2D eigenvalue weighted by atomic mass is 79.9. The smallest absolute Gasteiger partial charge is 0.0908 e. The van der Waals surface area contributed by atoms with Crippen LogP contribution in [-0.4, -0.2) is 5.33 Å². The zero-order valence-corrected chi connectivity index (χ0v) is 7.27. The first-order chi connectivity index (χ1) is 4.12. The Labute approximate surface area is 64.5 Å². The van der Waals surface area contributed by atoms with Gasteiger partial charge in [0.25, 0.3) is 0 Å². The van der Waals surface area contributed by atoms with Gasteiger partial charge in [-0.2, -0.15) is 5.26 Å². The van der Waals surface area contributed by atoms with Crippen LogP contribution >= 0.6 is 15.9 Å². The van der Waals surface area contributed by atoms with Crippen molar-refractivity contribution in [3.63, 3.8) is 0 Å². The van der Waals surface area contributed by atoms with Crippen molar-refractivity contribution in [3.8, 4) is 6.07 Å². The molecule has 0 aliphatic rings. The molecular weight excluding hydrogens is 178 g/mol. The monoisotopic (exact) mass is 187 g/mol. The maximum atomic E-state index is 8.17. The molecule has 1 nitrogen and oxygen atoms in total. The van der Waals surface area contributed by atoms with Crippen molar-refractivity contribution in [3.05, 3.63) is 12.2 Å². The van der Waals surface area contributed by atoms with Crippen molar-refractivity contribution in [2.75, 3.05) is 5.33 Å². The summed E-state index contributed by atoms with van der Waals surface area (Å²) in [6.45, 7) is 4.13. The fourth-order valence-corrected chi connectivity index (χ4v) is 0.494. The summed E-state index contributed by atoms with van der Waals surface area (Å²) in [6.07, 6.45) is 3.41. The second-order valence-corrected chi connectivity index (χ2v) is 3.15. The molecule has 0 unspecified atom stereocenters. The fourth-order valence-electron chi connectivity index (χ4n) is 0.307. The largest absolute Gasteiger partial charge is 0.193 e. The summed E-state index contributed by atoms with van der Waals surface area (Å²) >= 11 is 3.34. The van der Waals surface area contributed by atoms with Crippen LogP contribution in [0.1, 0.15) is 13.8 Å². The molecule has 0 aromatic carbocycles. The summed E-state index contributed by atoms with van der Waals surface area (Å²) in [6, 6.07) is 1.96. The first kappa shape index (κ1) is 8.71. The lowest BCUT2D eigenvalue weighted by Gasteiger charge is -2.14. The molecule has 2 heteroatoms. The zero-order chi connectivity index (χ0) is 7.33. The number of nitrogens with zero attached hydrogens (tertiary/aromatic N) is 1. The van der Waals surface area contributed by atoms with Crippen LogP contribution in [0.3, 0.4) is 0 Å². The molecule has 0 saturated heterocycles. The zero-order valence-electron chi connectivity index (χ0n) is 5.69. The highest BCUT2D eigenvalue weighted by Gasteiger charge is 2.09. The highest BCUT2D eigenvalue weighted by Crippen LogP contribution is 2.18. The van der Waals surface area contributed by atoms with Gasteiger partial charge < -0.3 is 0 Å². The van der Waals surface area contributed by atoms with E-state index in [4.69, 9.17) is 5.26 Å². The molecule has 0 aromatic rings. The molecule has 0 N–H and O–H groups in total. The van der Waals surface area contributed by atoms with Gasteiger partial charge in [0.2, 0.25) is 0 Å². The molecule has 50 valence electrons. The first-order valence-corrected chi connectivity index (χ1v) is 3.88. The fraction of sp³-hybridized carbons (Fsp3) is 0.571. The number of rotatable bonds is 2. The molecule has 0 bridgehead atoms. The Morgan fingerprint density at radius 3 is 2.56 bits per heavy atom. The van der Waals surface area contributed by atoms with E-state index in [9.17, 15) is 0 Å². The topological polar surface area (TPSA) is 23.8 Å². The van der Waals surface area contributed by atoms with Crippen molar-refractivity contribution < 1.29 is 0 Å².